The van der Waals surface area contributed by atoms with Crippen molar-refractivity contribution in [3.05, 3.63) is 18.2 Å². The van der Waals surface area contributed by atoms with Gasteiger partial charge in [0.05, 0.1) is 16.8 Å². The van der Waals surface area contributed by atoms with E-state index in [1.807, 2.05) is 25.1 Å². The summed E-state index contributed by atoms with van der Waals surface area (Å²) in [4.78, 5) is 29.8. The lowest BCUT2D eigenvalue weighted by atomic mass is 9.49. The Morgan fingerprint density at radius 1 is 1.17 bits per heavy atom. The summed E-state index contributed by atoms with van der Waals surface area (Å²) in [5.74, 6) is 3.09. The molecule has 0 saturated heterocycles. The molecule has 6 nitrogen and oxygen atoms in total. The van der Waals surface area contributed by atoms with Gasteiger partial charge in [-0.3, -0.25) is 9.59 Å². The fourth-order valence-electron chi connectivity index (χ4n) is 6.26. The highest BCUT2D eigenvalue weighted by molar-refractivity contribution is 7.22. The lowest BCUT2D eigenvalue weighted by Crippen LogP contribution is -2.53. The Morgan fingerprint density at radius 3 is 2.53 bits per heavy atom. The molecule has 0 spiro atoms. The van der Waals surface area contributed by atoms with Gasteiger partial charge in [-0.25, -0.2) is 4.98 Å². The number of benzene rings is 1. The van der Waals surface area contributed by atoms with Crippen LogP contribution in [-0.4, -0.2) is 29.9 Å². The number of fused-ring (bicyclic) bond motifs is 1. The molecule has 1 aromatic heterocycles. The van der Waals surface area contributed by atoms with Crippen molar-refractivity contribution in [1.29, 1.82) is 0 Å². The molecule has 7 heteroatoms. The minimum atomic E-state index is -0.156. The van der Waals surface area contributed by atoms with E-state index in [1.165, 1.54) is 30.6 Å². The quantitative estimate of drug-likeness (QED) is 0.688. The molecule has 4 bridgehead atoms. The second-order valence-electron chi connectivity index (χ2n) is 9.33. The summed E-state index contributed by atoms with van der Waals surface area (Å²) >= 11 is 1.43. The Morgan fingerprint density at radius 2 is 1.87 bits per heavy atom. The standard InChI is InChI=1S/C23H29N3O3S/c1-2-29-17-3-4-18-19(10-17)30-22(25-18)26-20(27)5-6-24-21(28)23-11-14-7-15(12-23)9-16(8-14)13-23/h3-4,10,14-16H,2,5-9,11-13H2,1H3,(H,24,28)(H,25,26,27). The third kappa shape index (κ3) is 3.80. The molecule has 0 atom stereocenters. The highest BCUT2D eigenvalue weighted by atomic mass is 32.1. The topological polar surface area (TPSA) is 80.3 Å². The van der Waals surface area contributed by atoms with Gasteiger partial charge in [0.2, 0.25) is 11.8 Å². The smallest absolute Gasteiger partial charge is 0.227 e. The Labute approximate surface area is 180 Å². The van der Waals surface area contributed by atoms with Gasteiger partial charge < -0.3 is 15.4 Å². The second-order valence-corrected chi connectivity index (χ2v) is 10.4. The lowest BCUT2D eigenvalue weighted by molar-refractivity contribution is -0.146. The van der Waals surface area contributed by atoms with E-state index in [0.717, 1.165) is 53.0 Å². The molecule has 30 heavy (non-hydrogen) atoms. The zero-order valence-electron chi connectivity index (χ0n) is 17.4. The molecule has 2 aromatic rings. The first-order valence-corrected chi connectivity index (χ1v) is 12.0. The van der Waals surface area contributed by atoms with E-state index in [-0.39, 0.29) is 23.7 Å². The first kappa shape index (κ1) is 19.8. The normalized spacial score (nSPS) is 29.2. The number of nitrogens with one attached hydrogen (secondary N) is 2. The van der Waals surface area contributed by atoms with Crippen molar-refractivity contribution in [3.63, 3.8) is 0 Å². The summed E-state index contributed by atoms with van der Waals surface area (Å²) < 4.78 is 6.50. The van der Waals surface area contributed by atoms with Crippen LogP contribution in [0.15, 0.2) is 18.2 Å². The van der Waals surface area contributed by atoms with Crippen LogP contribution in [-0.2, 0) is 9.59 Å². The highest BCUT2D eigenvalue weighted by Crippen LogP contribution is 2.60. The zero-order chi connectivity index (χ0) is 20.7. The predicted octanol–water partition coefficient (Wildman–Crippen LogP) is 4.36. The number of anilines is 1. The van der Waals surface area contributed by atoms with E-state index in [1.54, 1.807) is 0 Å². The number of rotatable bonds is 7. The predicted molar refractivity (Wildman–Crippen MR) is 118 cm³/mol. The number of thiazole rings is 1. The summed E-state index contributed by atoms with van der Waals surface area (Å²) in [6.45, 7) is 2.94. The van der Waals surface area contributed by atoms with Gasteiger partial charge in [-0.15, -0.1) is 0 Å². The number of nitrogens with zero attached hydrogens (tertiary/aromatic N) is 1. The van der Waals surface area contributed by atoms with Crippen LogP contribution in [0.5, 0.6) is 5.75 Å². The third-order valence-corrected chi connectivity index (χ3v) is 8.01. The number of hydrogen-bond donors (Lipinski definition) is 2. The van der Waals surface area contributed by atoms with Crippen LogP contribution in [0.4, 0.5) is 5.13 Å². The molecule has 1 heterocycles. The van der Waals surface area contributed by atoms with Crippen molar-refractivity contribution < 1.29 is 14.3 Å². The first-order chi connectivity index (χ1) is 14.5. The Kier molecular flexibility index (Phi) is 5.17. The van der Waals surface area contributed by atoms with Crippen molar-refractivity contribution in [2.75, 3.05) is 18.5 Å². The molecule has 2 N–H and O–H groups in total. The Hall–Kier alpha value is -2.15. The zero-order valence-corrected chi connectivity index (χ0v) is 18.2. The van der Waals surface area contributed by atoms with Gasteiger partial charge in [0, 0.05) is 18.4 Å². The third-order valence-electron chi connectivity index (χ3n) is 7.07. The van der Waals surface area contributed by atoms with Crippen molar-refractivity contribution in [2.45, 2.75) is 51.9 Å². The van der Waals surface area contributed by atoms with Crippen LogP contribution in [0, 0.1) is 23.2 Å². The molecule has 0 radical (unpaired) electrons. The number of aromatic nitrogens is 1. The maximum Gasteiger partial charge on any atom is 0.227 e. The lowest BCUT2D eigenvalue weighted by Gasteiger charge is -2.55. The van der Waals surface area contributed by atoms with Crippen molar-refractivity contribution in [1.82, 2.24) is 10.3 Å². The molecule has 0 aliphatic heterocycles. The SMILES string of the molecule is CCOc1ccc2nc(NC(=O)CCNC(=O)C34CC5CC(CC(C5)C3)C4)sc2c1. The molecule has 6 rings (SSSR count). The molecule has 4 fully saturated rings. The number of carbonyl (C=O) groups is 2. The van der Waals surface area contributed by atoms with E-state index in [4.69, 9.17) is 4.74 Å². The monoisotopic (exact) mass is 427 g/mol. The minimum absolute atomic E-state index is 0.120. The highest BCUT2D eigenvalue weighted by Gasteiger charge is 2.54. The van der Waals surface area contributed by atoms with E-state index in [2.05, 4.69) is 15.6 Å². The Bertz CT molecular complexity index is 934. The molecule has 1 aromatic carbocycles. The van der Waals surface area contributed by atoms with E-state index < -0.39 is 0 Å². The summed E-state index contributed by atoms with van der Waals surface area (Å²) in [7, 11) is 0. The summed E-state index contributed by atoms with van der Waals surface area (Å²) in [6, 6.07) is 5.73. The molecule has 4 aliphatic carbocycles. The van der Waals surface area contributed by atoms with Gasteiger partial charge in [-0.05, 0) is 81.4 Å². The van der Waals surface area contributed by atoms with Gasteiger partial charge in [-0.2, -0.15) is 0 Å². The van der Waals surface area contributed by atoms with Gasteiger partial charge >= 0.3 is 0 Å². The Balaban J connectivity index is 1.13. The second kappa shape index (κ2) is 7.84. The van der Waals surface area contributed by atoms with Crippen LogP contribution < -0.4 is 15.4 Å². The van der Waals surface area contributed by atoms with Crippen LogP contribution in [0.2, 0.25) is 0 Å². The van der Waals surface area contributed by atoms with Crippen LogP contribution in [0.1, 0.15) is 51.9 Å². The van der Waals surface area contributed by atoms with Crippen molar-refractivity contribution >= 4 is 38.5 Å². The van der Waals surface area contributed by atoms with Gasteiger partial charge in [0.15, 0.2) is 5.13 Å². The summed E-state index contributed by atoms with van der Waals surface area (Å²) in [6.07, 6.45) is 7.37. The van der Waals surface area contributed by atoms with Crippen molar-refractivity contribution in [3.8, 4) is 5.75 Å². The maximum absolute atomic E-state index is 13.0. The fourth-order valence-corrected chi connectivity index (χ4v) is 7.17. The average molecular weight is 428 g/mol. The molecule has 4 aliphatic rings. The minimum Gasteiger partial charge on any atom is -0.494 e. The van der Waals surface area contributed by atoms with E-state index in [0.29, 0.717) is 18.3 Å². The van der Waals surface area contributed by atoms with Crippen molar-refractivity contribution in [2.24, 2.45) is 23.2 Å². The maximum atomic E-state index is 13.0. The van der Waals surface area contributed by atoms with Crippen LogP contribution >= 0.6 is 11.3 Å². The number of hydrogen-bond acceptors (Lipinski definition) is 5. The summed E-state index contributed by atoms with van der Waals surface area (Å²) in [5, 5.41) is 6.52. The van der Waals surface area contributed by atoms with E-state index >= 15 is 0 Å². The molecular formula is C23H29N3O3S. The first-order valence-electron chi connectivity index (χ1n) is 11.1. The largest absolute Gasteiger partial charge is 0.494 e. The number of ether oxygens (including phenoxy) is 1. The van der Waals surface area contributed by atoms with Crippen LogP contribution in [0.3, 0.4) is 0 Å². The van der Waals surface area contributed by atoms with Gasteiger partial charge in [-0.1, -0.05) is 11.3 Å². The van der Waals surface area contributed by atoms with Gasteiger partial charge in [0.1, 0.15) is 5.75 Å². The molecule has 2 amide bonds. The molecule has 160 valence electrons. The van der Waals surface area contributed by atoms with E-state index in [9.17, 15) is 9.59 Å². The molecular weight excluding hydrogens is 398 g/mol. The average Bonchev–Trinajstić information content (AvgIpc) is 3.08. The van der Waals surface area contributed by atoms with Gasteiger partial charge in [0.25, 0.3) is 0 Å². The summed E-state index contributed by atoms with van der Waals surface area (Å²) in [5.41, 5.74) is 0.685. The fraction of sp³-hybridized carbons (Fsp3) is 0.609. The molecule has 0 unspecified atom stereocenters. The number of amides is 2. The number of carbonyl (C=O) groups excluding carboxylic acids is 2. The van der Waals surface area contributed by atoms with Crippen LogP contribution in [0.25, 0.3) is 10.2 Å². The molecule has 4 saturated carbocycles.